The van der Waals surface area contributed by atoms with E-state index in [9.17, 15) is 9.59 Å². The number of hydrogen-bond donors (Lipinski definition) is 1. The maximum absolute atomic E-state index is 12.7. The normalized spacial score (nSPS) is 12.1. The predicted molar refractivity (Wildman–Crippen MR) is 105 cm³/mol. The molecule has 0 saturated carbocycles. The average molecular weight is 370 g/mol. The quantitative estimate of drug-likeness (QED) is 0.689. The Morgan fingerprint density at radius 1 is 1.15 bits per heavy atom. The summed E-state index contributed by atoms with van der Waals surface area (Å²) in [6.45, 7) is 4.90. The molecule has 0 saturated heterocycles. The van der Waals surface area contributed by atoms with Crippen LogP contribution in [0.2, 0.25) is 0 Å². The van der Waals surface area contributed by atoms with Crippen LogP contribution in [-0.2, 0) is 11.3 Å². The molecule has 0 bridgehead atoms. The van der Waals surface area contributed by atoms with Gasteiger partial charge in [-0.1, -0.05) is 42.7 Å². The molecular weight excluding hydrogens is 348 g/mol. The minimum absolute atomic E-state index is 0.103. The summed E-state index contributed by atoms with van der Waals surface area (Å²) in [6, 6.07) is 14.6. The molecular formula is C20H22N2O3S. The van der Waals surface area contributed by atoms with Gasteiger partial charge in [-0.3, -0.25) is 13.5 Å². The van der Waals surface area contributed by atoms with Gasteiger partial charge in [0, 0.05) is 6.54 Å². The van der Waals surface area contributed by atoms with E-state index in [0.717, 1.165) is 16.0 Å². The number of nitrogens with one attached hydrogen (secondary N) is 1. The molecule has 3 aromatic rings. The first-order valence-electron chi connectivity index (χ1n) is 8.74. The molecule has 5 nitrogen and oxygen atoms in total. The van der Waals surface area contributed by atoms with Crippen LogP contribution in [0.25, 0.3) is 10.1 Å². The van der Waals surface area contributed by atoms with E-state index in [2.05, 4.69) is 5.32 Å². The van der Waals surface area contributed by atoms with Crippen LogP contribution in [0, 0.1) is 0 Å². The smallest absolute Gasteiger partial charge is 0.269 e. The molecule has 0 radical (unpaired) electrons. The largest absolute Gasteiger partial charge is 0.494 e. The highest BCUT2D eigenvalue weighted by Gasteiger charge is 2.22. The van der Waals surface area contributed by atoms with Gasteiger partial charge in [-0.25, -0.2) is 0 Å². The topological polar surface area (TPSA) is 60.3 Å². The lowest BCUT2D eigenvalue weighted by molar-refractivity contribution is -0.124. The molecule has 1 heterocycles. The first-order valence-corrected chi connectivity index (χ1v) is 9.51. The van der Waals surface area contributed by atoms with E-state index < -0.39 is 6.04 Å². The molecule has 0 aliphatic heterocycles. The van der Waals surface area contributed by atoms with Gasteiger partial charge in [-0.05, 0) is 43.2 Å². The van der Waals surface area contributed by atoms with Crippen LogP contribution >= 0.6 is 11.5 Å². The second-order valence-electron chi connectivity index (χ2n) is 5.94. The molecule has 1 amide bonds. The molecule has 0 fully saturated rings. The van der Waals surface area contributed by atoms with Crippen molar-refractivity contribution in [2.75, 3.05) is 6.61 Å². The lowest BCUT2D eigenvalue weighted by atomic mass is 10.2. The van der Waals surface area contributed by atoms with Crippen LogP contribution < -0.4 is 15.6 Å². The molecule has 0 aliphatic rings. The van der Waals surface area contributed by atoms with Crippen LogP contribution in [0.1, 0.15) is 31.9 Å². The lowest BCUT2D eigenvalue weighted by Gasteiger charge is -2.15. The molecule has 0 aliphatic carbocycles. The Hall–Kier alpha value is -2.60. The molecule has 26 heavy (non-hydrogen) atoms. The van der Waals surface area contributed by atoms with E-state index in [-0.39, 0.29) is 11.5 Å². The third-order valence-corrected chi connectivity index (χ3v) is 5.36. The zero-order chi connectivity index (χ0) is 18.5. The highest BCUT2D eigenvalue weighted by Crippen LogP contribution is 2.21. The number of hydrogen-bond acceptors (Lipinski definition) is 4. The zero-order valence-electron chi connectivity index (χ0n) is 14.9. The van der Waals surface area contributed by atoms with Crippen molar-refractivity contribution < 1.29 is 9.53 Å². The zero-order valence-corrected chi connectivity index (χ0v) is 15.7. The van der Waals surface area contributed by atoms with Crippen molar-refractivity contribution >= 4 is 27.5 Å². The fourth-order valence-corrected chi connectivity index (χ4v) is 3.99. The highest BCUT2D eigenvalue weighted by molar-refractivity contribution is 7.14. The first-order chi connectivity index (χ1) is 12.6. The van der Waals surface area contributed by atoms with Crippen LogP contribution in [0.5, 0.6) is 5.75 Å². The molecule has 3 rings (SSSR count). The van der Waals surface area contributed by atoms with E-state index in [1.54, 1.807) is 10.0 Å². The fourth-order valence-electron chi connectivity index (χ4n) is 2.83. The van der Waals surface area contributed by atoms with Crippen molar-refractivity contribution in [3.8, 4) is 5.75 Å². The van der Waals surface area contributed by atoms with E-state index in [1.165, 1.54) is 11.5 Å². The Morgan fingerprint density at radius 3 is 2.54 bits per heavy atom. The molecule has 0 unspecified atom stereocenters. The van der Waals surface area contributed by atoms with Crippen molar-refractivity contribution in [1.82, 2.24) is 9.27 Å². The molecule has 0 spiro atoms. The van der Waals surface area contributed by atoms with Gasteiger partial charge in [-0.15, -0.1) is 0 Å². The number of benzene rings is 2. The minimum Gasteiger partial charge on any atom is -0.494 e. The summed E-state index contributed by atoms with van der Waals surface area (Å²) in [6.07, 6.45) is 0.557. The van der Waals surface area contributed by atoms with E-state index in [1.807, 2.05) is 56.3 Å². The predicted octanol–water partition coefficient (Wildman–Crippen LogP) is 3.73. The summed E-state index contributed by atoms with van der Waals surface area (Å²) < 4.78 is 7.90. The monoisotopic (exact) mass is 370 g/mol. The molecule has 136 valence electrons. The minimum atomic E-state index is -0.498. The number of aromatic nitrogens is 1. The van der Waals surface area contributed by atoms with Gasteiger partial charge >= 0.3 is 0 Å². The summed E-state index contributed by atoms with van der Waals surface area (Å²) in [7, 11) is 0. The fraction of sp³-hybridized carbons (Fsp3) is 0.300. The van der Waals surface area contributed by atoms with Gasteiger partial charge in [0.05, 0.1) is 16.7 Å². The van der Waals surface area contributed by atoms with Crippen LogP contribution in [0.3, 0.4) is 0 Å². The van der Waals surface area contributed by atoms with E-state index in [0.29, 0.717) is 25.0 Å². The number of nitrogens with zero attached hydrogens (tertiary/aromatic N) is 1. The standard InChI is InChI=1S/C20H22N2O3S/c1-3-17(22-20(24)16-7-5-6-8-18(16)26-22)19(23)21-13-14-9-11-15(12-10-14)25-4-2/h5-12,17H,3-4,13H2,1-2H3,(H,21,23)/t17-/m1/s1. The molecule has 6 heteroatoms. The van der Waals surface area contributed by atoms with Crippen molar-refractivity contribution in [3.63, 3.8) is 0 Å². The van der Waals surface area contributed by atoms with Crippen LogP contribution in [-0.4, -0.2) is 16.5 Å². The summed E-state index contributed by atoms with van der Waals surface area (Å²) in [5.74, 6) is 0.667. The van der Waals surface area contributed by atoms with Crippen molar-refractivity contribution in [1.29, 1.82) is 0 Å². The Labute approximate surface area is 156 Å². The van der Waals surface area contributed by atoms with Gasteiger partial charge in [-0.2, -0.15) is 0 Å². The number of fused-ring (bicyclic) bond motifs is 1. The number of amides is 1. The number of rotatable bonds is 7. The Bertz CT molecular complexity index is 944. The molecule has 1 atom stereocenters. The maximum atomic E-state index is 12.7. The Morgan fingerprint density at radius 2 is 1.88 bits per heavy atom. The van der Waals surface area contributed by atoms with Gasteiger partial charge in [0.25, 0.3) is 5.56 Å². The van der Waals surface area contributed by atoms with Crippen molar-refractivity contribution in [2.45, 2.75) is 32.9 Å². The summed E-state index contributed by atoms with van der Waals surface area (Å²) in [4.78, 5) is 25.2. The second-order valence-corrected chi connectivity index (χ2v) is 6.95. The average Bonchev–Trinajstić information content (AvgIpc) is 2.99. The molecule has 1 aromatic heterocycles. The highest BCUT2D eigenvalue weighted by atomic mass is 32.1. The molecule has 2 aromatic carbocycles. The maximum Gasteiger partial charge on any atom is 0.269 e. The Kier molecular flexibility index (Phi) is 5.73. The summed E-state index contributed by atoms with van der Waals surface area (Å²) in [5.41, 5.74) is 0.883. The number of ether oxygens (including phenoxy) is 1. The van der Waals surface area contributed by atoms with Crippen molar-refractivity contribution in [2.24, 2.45) is 0 Å². The first kappa shape index (κ1) is 18.2. The van der Waals surface area contributed by atoms with Crippen molar-refractivity contribution in [3.05, 3.63) is 64.4 Å². The van der Waals surface area contributed by atoms with E-state index >= 15 is 0 Å². The van der Waals surface area contributed by atoms with Gasteiger partial charge in [0.1, 0.15) is 11.8 Å². The second kappa shape index (κ2) is 8.19. The summed E-state index contributed by atoms with van der Waals surface area (Å²) >= 11 is 1.34. The van der Waals surface area contributed by atoms with Gasteiger partial charge in [0.2, 0.25) is 5.91 Å². The lowest BCUT2D eigenvalue weighted by Crippen LogP contribution is -2.34. The number of carbonyl (C=O) groups is 1. The van der Waals surface area contributed by atoms with Crippen LogP contribution in [0.15, 0.2) is 53.3 Å². The Balaban J connectivity index is 1.72. The van der Waals surface area contributed by atoms with Gasteiger partial charge in [0.15, 0.2) is 0 Å². The van der Waals surface area contributed by atoms with Crippen LogP contribution in [0.4, 0.5) is 0 Å². The number of carbonyl (C=O) groups excluding carboxylic acids is 1. The molecule has 1 N–H and O–H groups in total. The SMILES string of the molecule is CCOc1ccc(CNC(=O)[C@@H](CC)n2sc3ccccc3c2=O)cc1. The third kappa shape index (κ3) is 3.80. The summed E-state index contributed by atoms with van der Waals surface area (Å²) in [5, 5.41) is 3.60. The van der Waals surface area contributed by atoms with E-state index in [4.69, 9.17) is 4.74 Å². The van der Waals surface area contributed by atoms with Gasteiger partial charge < -0.3 is 10.1 Å². The third-order valence-electron chi connectivity index (χ3n) is 4.19.